The number of hydrogen-bond acceptors (Lipinski definition) is 5. The van der Waals surface area contributed by atoms with Crippen molar-refractivity contribution in [2.24, 2.45) is 5.10 Å². The summed E-state index contributed by atoms with van der Waals surface area (Å²) in [7, 11) is -0.716. The van der Waals surface area contributed by atoms with E-state index in [-0.39, 0.29) is 10.5 Å². The Kier molecular flexibility index (Phi) is 7.31. The largest absolute Gasteiger partial charge is 0.372 e. The summed E-state index contributed by atoms with van der Waals surface area (Å²) in [6, 6.07) is 13.7. The smallest absolute Gasteiger partial charge is 0.271 e. The summed E-state index contributed by atoms with van der Waals surface area (Å²) < 4.78 is 25.5. The summed E-state index contributed by atoms with van der Waals surface area (Å²) in [5.74, 6) is -0.480. The first-order valence-corrected chi connectivity index (χ1v) is 10.4. The zero-order valence-electron chi connectivity index (χ0n) is 16.6. The molecule has 2 rings (SSSR count). The Labute approximate surface area is 166 Å². The lowest BCUT2D eigenvalue weighted by molar-refractivity contribution is 0.0955. The number of carbonyl (C=O) groups is 1. The number of nitrogens with one attached hydrogen (secondary N) is 1. The van der Waals surface area contributed by atoms with Gasteiger partial charge in [0.2, 0.25) is 10.0 Å². The Bertz CT molecular complexity index is 934. The van der Waals surface area contributed by atoms with Crippen LogP contribution in [0.25, 0.3) is 0 Å². The number of hydrazone groups is 1. The van der Waals surface area contributed by atoms with Crippen molar-refractivity contribution >= 4 is 27.8 Å². The van der Waals surface area contributed by atoms with E-state index in [1.165, 1.54) is 32.3 Å². The SMILES string of the molecule is CCN(CC)c1ccc(/C=N\NC(=O)c2cccc(S(=O)(=O)N(C)C)c2)cc1. The molecule has 0 bridgehead atoms. The van der Waals surface area contributed by atoms with Gasteiger partial charge in [-0.2, -0.15) is 5.10 Å². The van der Waals surface area contributed by atoms with E-state index in [0.29, 0.717) is 0 Å². The molecule has 2 aromatic rings. The van der Waals surface area contributed by atoms with Crippen LogP contribution in [-0.2, 0) is 10.0 Å². The van der Waals surface area contributed by atoms with Crippen molar-refractivity contribution in [3.8, 4) is 0 Å². The predicted molar refractivity (Wildman–Crippen MR) is 112 cm³/mol. The van der Waals surface area contributed by atoms with E-state index in [1.807, 2.05) is 24.3 Å². The topological polar surface area (TPSA) is 82.1 Å². The Balaban J connectivity index is 2.06. The lowest BCUT2D eigenvalue weighted by Gasteiger charge is -2.20. The summed E-state index contributed by atoms with van der Waals surface area (Å²) >= 11 is 0. The highest BCUT2D eigenvalue weighted by Gasteiger charge is 2.18. The van der Waals surface area contributed by atoms with Crippen LogP contribution in [0.2, 0.25) is 0 Å². The van der Waals surface area contributed by atoms with Crippen LogP contribution in [0, 0.1) is 0 Å². The molecule has 2 aromatic carbocycles. The zero-order chi connectivity index (χ0) is 20.7. The Hall–Kier alpha value is -2.71. The number of nitrogens with zero attached hydrogens (tertiary/aromatic N) is 3. The summed E-state index contributed by atoms with van der Waals surface area (Å²) in [5.41, 5.74) is 4.62. The second-order valence-electron chi connectivity index (χ2n) is 6.28. The van der Waals surface area contributed by atoms with Gasteiger partial charge in [-0.3, -0.25) is 4.79 Å². The van der Waals surface area contributed by atoms with Gasteiger partial charge in [0.25, 0.3) is 5.91 Å². The number of hydrogen-bond donors (Lipinski definition) is 1. The molecule has 0 fully saturated rings. The van der Waals surface area contributed by atoms with Crippen molar-refractivity contribution in [3.05, 3.63) is 59.7 Å². The van der Waals surface area contributed by atoms with Gasteiger partial charge < -0.3 is 4.90 Å². The van der Waals surface area contributed by atoms with Crippen LogP contribution >= 0.6 is 0 Å². The highest BCUT2D eigenvalue weighted by Crippen LogP contribution is 2.15. The number of benzene rings is 2. The van der Waals surface area contributed by atoms with Crippen LogP contribution in [-0.4, -0.2) is 52.0 Å². The number of rotatable bonds is 8. The molecule has 0 saturated carbocycles. The molecule has 0 aromatic heterocycles. The molecule has 1 N–H and O–H groups in total. The fourth-order valence-electron chi connectivity index (χ4n) is 2.60. The molecular formula is C20H26N4O3S. The van der Waals surface area contributed by atoms with Crippen molar-refractivity contribution in [2.45, 2.75) is 18.7 Å². The molecular weight excluding hydrogens is 376 g/mol. The van der Waals surface area contributed by atoms with Crippen molar-refractivity contribution in [2.75, 3.05) is 32.1 Å². The van der Waals surface area contributed by atoms with Crippen molar-refractivity contribution in [3.63, 3.8) is 0 Å². The van der Waals surface area contributed by atoms with Crippen LogP contribution in [0.5, 0.6) is 0 Å². The van der Waals surface area contributed by atoms with E-state index >= 15 is 0 Å². The van der Waals surface area contributed by atoms with Crippen LogP contribution in [0.1, 0.15) is 29.8 Å². The fraction of sp³-hybridized carbons (Fsp3) is 0.300. The van der Waals surface area contributed by atoms with Crippen LogP contribution in [0.4, 0.5) is 5.69 Å². The van der Waals surface area contributed by atoms with Gasteiger partial charge in [0, 0.05) is 38.4 Å². The van der Waals surface area contributed by atoms with Gasteiger partial charge in [-0.15, -0.1) is 0 Å². The average molecular weight is 403 g/mol. The minimum atomic E-state index is -3.60. The normalized spacial score (nSPS) is 11.8. The first kappa shape index (κ1) is 21.6. The number of amides is 1. The standard InChI is InChI=1S/C20H26N4O3S/c1-5-24(6-2)18-12-10-16(11-13-18)15-21-22-20(25)17-8-7-9-19(14-17)28(26,27)23(3)4/h7-15H,5-6H2,1-4H3,(H,22,25)/b21-15-. The van der Waals surface area contributed by atoms with E-state index in [4.69, 9.17) is 0 Å². The molecule has 28 heavy (non-hydrogen) atoms. The molecule has 0 heterocycles. The highest BCUT2D eigenvalue weighted by atomic mass is 32.2. The van der Waals surface area contributed by atoms with Crippen molar-refractivity contribution in [1.29, 1.82) is 0 Å². The van der Waals surface area contributed by atoms with Crippen molar-refractivity contribution < 1.29 is 13.2 Å². The zero-order valence-corrected chi connectivity index (χ0v) is 17.4. The van der Waals surface area contributed by atoms with E-state index in [2.05, 4.69) is 29.3 Å². The highest BCUT2D eigenvalue weighted by molar-refractivity contribution is 7.89. The van der Waals surface area contributed by atoms with Crippen LogP contribution < -0.4 is 10.3 Å². The minimum absolute atomic E-state index is 0.0566. The lowest BCUT2D eigenvalue weighted by Crippen LogP contribution is -2.23. The third-order valence-electron chi connectivity index (χ3n) is 4.28. The maximum absolute atomic E-state index is 12.3. The summed E-state index contributed by atoms with van der Waals surface area (Å²) in [6.45, 7) is 6.07. The van der Waals surface area contributed by atoms with Gasteiger partial charge in [0.15, 0.2) is 0 Å². The third-order valence-corrected chi connectivity index (χ3v) is 6.09. The second kappa shape index (κ2) is 9.48. The van der Waals surface area contributed by atoms with Gasteiger partial charge in [0.1, 0.15) is 0 Å². The molecule has 0 spiro atoms. The lowest BCUT2D eigenvalue weighted by atomic mass is 10.2. The summed E-state index contributed by atoms with van der Waals surface area (Å²) in [6.07, 6.45) is 1.55. The fourth-order valence-corrected chi connectivity index (χ4v) is 3.55. The molecule has 0 aliphatic heterocycles. The van der Waals surface area contributed by atoms with Gasteiger partial charge in [-0.05, 0) is 49.7 Å². The molecule has 0 radical (unpaired) electrons. The van der Waals surface area contributed by atoms with Gasteiger partial charge in [-0.1, -0.05) is 18.2 Å². The minimum Gasteiger partial charge on any atom is -0.372 e. The molecule has 7 nitrogen and oxygen atoms in total. The molecule has 150 valence electrons. The quantitative estimate of drug-likeness (QED) is 0.543. The van der Waals surface area contributed by atoms with Gasteiger partial charge in [0.05, 0.1) is 11.1 Å². The second-order valence-corrected chi connectivity index (χ2v) is 8.43. The molecule has 0 saturated heterocycles. The van der Waals surface area contributed by atoms with E-state index in [0.717, 1.165) is 28.6 Å². The number of sulfonamides is 1. The molecule has 8 heteroatoms. The van der Waals surface area contributed by atoms with Gasteiger partial charge >= 0.3 is 0 Å². The maximum atomic E-state index is 12.3. The predicted octanol–water partition coefficient (Wildman–Crippen LogP) is 2.55. The van der Waals surface area contributed by atoms with E-state index in [9.17, 15) is 13.2 Å². The molecule has 0 aliphatic carbocycles. The van der Waals surface area contributed by atoms with Crippen LogP contribution in [0.3, 0.4) is 0 Å². The van der Waals surface area contributed by atoms with Crippen LogP contribution in [0.15, 0.2) is 58.5 Å². The molecule has 0 atom stereocenters. The molecule has 1 amide bonds. The average Bonchev–Trinajstić information content (AvgIpc) is 2.70. The first-order valence-electron chi connectivity index (χ1n) is 9.00. The first-order chi connectivity index (χ1) is 13.3. The van der Waals surface area contributed by atoms with E-state index in [1.54, 1.807) is 12.3 Å². The molecule has 0 unspecified atom stereocenters. The number of carbonyl (C=O) groups excluding carboxylic acids is 1. The summed E-state index contributed by atoms with van der Waals surface area (Å²) in [5, 5.41) is 3.96. The molecule has 0 aliphatic rings. The Morgan fingerprint density at radius 2 is 1.71 bits per heavy atom. The third kappa shape index (κ3) is 5.17. The van der Waals surface area contributed by atoms with Gasteiger partial charge in [-0.25, -0.2) is 18.1 Å². The Morgan fingerprint density at radius 1 is 1.07 bits per heavy atom. The maximum Gasteiger partial charge on any atom is 0.271 e. The number of anilines is 1. The monoisotopic (exact) mass is 402 g/mol. The van der Waals surface area contributed by atoms with Crippen molar-refractivity contribution in [1.82, 2.24) is 9.73 Å². The summed E-state index contributed by atoms with van der Waals surface area (Å²) in [4.78, 5) is 14.6. The Morgan fingerprint density at radius 3 is 2.29 bits per heavy atom. The van der Waals surface area contributed by atoms with E-state index < -0.39 is 15.9 Å².